The Kier molecular flexibility index (Phi) is 4.90. The van der Waals surface area contributed by atoms with E-state index in [1.165, 1.54) is 0 Å². The van der Waals surface area contributed by atoms with E-state index in [0.717, 1.165) is 18.6 Å². The Balaban J connectivity index is 2.10. The third-order valence-electron chi connectivity index (χ3n) is 2.72. The normalized spacial score (nSPS) is 19.4. The van der Waals surface area contributed by atoms with Gasteiger partial charge in [0.05, 0.1) is 23.7 Å². The van der Waals surface area contributed by atoms with E-state index in [1.54, 1.807) is 36.0 Å². The fourth-order valence-corrected chi connectivity index (χ4v) is 3.35. The molecule has 0 saturated carbocycles. The molecular formula is C12H17N3O3S2. The average molecular weight is 315 g/mol. The van der Waals surface area contributed by atoms with E-state index in [1.807, 2.05) is 0 Å². The van der Waals surface area contributed by atoms with Gasteiger partial charge in [-0.2, -0.15) is 11.8 Å². The summed E-state index contributed by atoms with van der Waals surface area (Å²) in [4.78, 5) is 12.1. The first-order valence-electron chi connectivity index (χ1n) is 6.14. The highest BCUT2D eigenvalue weighted by Crippen LogP contribution is 2.22. The molecule has 1 aromatic carbocycles. The quantitative estimate of drug-likeness (QED) is 0.761. The number of hydrogen-bond donors (Lipinski definition) is 3. The number of anilines is 2. The fourth-order valence-electron chi connectivity index (χ4n) is 1.83. The summed E-state index contributed by atoms with van der Waals surface area (Å²) >= 11 is 1.72. The van der Waals surface area contributed by atoms with Crippen molar-refractivity contribution in [2.24, 2.45) is 0 Å². The molecule has 0 spiro atoms. The molecule has 0 radical (unpaired) electrons. The lowest BCUT2D eigenvalue weighted by molar-refractivity contribution is -0.117. The van der Waals surface area contributed by atoms with Crippen LogP contribution < -0.4 is 15.4 Å². The van der Waals surface area contributed by atoms with Crippen molar-refractivity contribution in [2.75, 3.05) is 34.3 Å². The summed E-state index contributed by atoms with van der Waals surface area (Å²) < 4.78 is 25.0. The van der Waals surface area contributed by atoms with Gasteiger partial charge in [-0.15, -0.1) is 0 Å². The van der Waals surface area contributed by atoms with Crippen LogP contribution in [0.5, 0.6) is 0 Å². The number of hydrogen-bond acceptors (Lipinski definition) is 5. The van der Waals surface area contributed by atoms with Crippen LogP contribution in [-0.2, 0) is 14.8 Å². The summed E-state index contributed by atoms with van der Waals surface area (Å²) in [5.74, 6) is 1.56. The van der Waals surface area contributed by atoms with Gasteiger partial charge in [0.1, 0.15) is 0 Å². The van der Waals surface area contributed by atoms with Crippen molar-refractivity contribution in [1.29, 1.82) is 0 Å². The van der Waals surface area contributed by atoms with Gasteiger partial charge in [0, 0.05) is 18.1 Å². The lowest BCUT2D eigenvalue weighted by Crippen LogP contribution is -2.46. The molecule has 110 valence electrons. The van der Waals surface area contributed by atoms with Crippen LogP contribution in [0.15, 0.2) is 24.3 Å². The SMILES string of the molecule is CS(=O)(=O)Nc1ccccc1NC(=O)C1CSCCN1. The summed E-state index contributed by atoms with van der Waals surface area (Å²) in [5, 5.41) is 5.90. The van der Waals surface area contributed by atoms with Crippen LogP contribution >= 0.6 is 11.8 Å². The molecule has 2 rings (SSSR count). The second-order valence-electron chi connectivity index (χ2n) is 4.49. The highest BCUT2D eigenvalue weighted by atomic mass is 32.2. The van der Waals surface area contributed by atoms with Gasteiger partial charge >= 0.3 is 0 Å². The molecule has 1 heterocycles. The number of carbonyl (C=O) groups is 1. The molecule has 1 unspecified atom stereocenters. The van der Waals surface area contributed by atoms with E-state index in [4.69, 9.17) is 0 Å². The number of benzene rings is 1. The molecule has 8 heteroatoms. The maximum absolute atomic E-state index is 12.1. The van der Waals surface area contributed by atoms with Gasteiger partial charge in [-0.25, -0.2) is 8.42 Å². The number of carbonyl (C=O) groups excluding carboxylic acids is 1. The number of sulfonamides is 1. The molecule has 3 N–H and O–H groups in total. The Hall–Kier alpha value is -1.25. The highest BCUT2D eigenvalue weighted by molar-refractivity contribution is 7.99. The Morgan fingerprint density at radius 1 is 1.35 bits per heavy atom. The van der Waals surface area contributed by atoms with Crippen LogP contribution in [-0.4, -0.2) is 44.7 Å². The van der Waals surface area contributed by atoms with E-state index >= 15 is 0 Å². The molecule has 0 bridgehead atoms. The van der Waals surface area contributed by atoms with E-state index in [-0.39, 0.29) is 11.9 Å². The predicted octanol–water partition coefficient (Wildman–Crippen LogP) is 0.702. The number of para-hydroxylation sites is 2. The number of thioether (sulfide) groups is 1. The second-order valence-corrected chi connectivity index (χ2v) is 7.39. The van der Waals surface area contributed by atoms with Crippen LogP contribution in [0.3, 0.4) is 0 Å². The van der Waals surface area contributed by atoms with Crippen LogP contribution in [0.4, 0.5) is 11.4 Å². The van der Waals surface area contributed by atoms with E-state index in [0.29, 0.717) is 17.1 Å². The fraction of sp³-hybridized carbons (Fsp3) is 0.417. The molecule has 1 saturated heterocycles. The molecule has 1 atom stereocenters. The molecule has 1 aromatic rings. The van der Waals surface area contributed by atoms with E-state index in [9.17, 15) is 13.2 Å². The van der Waals surface area contributed by atoms with Crippen LogP contribution in [0.25, 0.3) is 0 Å². The van der Waals surface area contributed by atoms with Crippen LogP contribution in [0, 0.1) is 0 Å². The van der Waals surface area contributed by atoms with Gasteiger partial charge < -0.3 is 10.6 Å². The van der Waals surface area contributed by atoms with Crippen molar-refractivity contribution in [3.05, 3.63) is 24.3 Å². The van der Waals surface area contributed by atoms with Gasteiger partial charge in [0.15, 0.2) is 0 Å². The number of amides is 1. The summed E-state index contributed by atoms with van der Waals surface area (Å²) in [6.45, 7) is 0.798. The van der Waals surface area contributed by atoms with Gasteiger partial charge in [0.25, 0.3) is 0 Å². The third-order valence-corrected chi connectivity index (χ3v) is 4.37. The van der Waals surface area contributed by atoms with Crippen LogP contribution in [0.1, 0.15) is 0 Å². The smallest absolute Gasteiger partial charge is 0.242 e. The Morgan fingerprint density at radius 3 is 2.65 bits per heavy atom. The van der Waals surface area contributed by atoms with E-state index < -0.39 is 10.0 Å². The maximum Gasteiger partial charge on any atom is 0.242 e. The molecule has 1 amide bonds. The van der Waals surface area contributed by atoms with Crippen molar-refractivity contribution in [2.45, 2.75) is 6.04 Å². The first kappa shape index (κ1) is 15.1. The molecule has 1 aliphatic rings. The molecule has 6 nitrogen and oxygen atoms in total. The first-order chi connectivity index (χ1) is 9.46. The average Bonchev–Trinajstić information content (AvgIpc) is 2.40. The standard InChI is InChI=1S/C12H17N3O3S2/c1-20(17,18)15-10-5-3-2-4-9(10)14-12(16)11-8-19-7-6-13-11/h2-5,11,13,15H,6-8H2,1H3,(H,14,16). The van der Waals surface area contributed by atoms with Gasteiger partial charge in [0.2, 0.25) is 15.9 Å². The lowest BCUT2D eigenvalue weighted by Gasteiger charge is -2.22. The van der Waals surface area contributed by atoms with Gasteiger partial charge in [-0.05, 0) is 12.1 Å². The van der Waals surface area contributed by atoms with Crippen molar-refractivity contribution in [3.63, 3.8) is 0 Å². The summed E-state index contributed by atoms with van der Waals surface area (Å²) in [6, 6.07) is 6.48. The van der Waals surface area contributed by atoms with Crippen molar-refractivity contribution in [3.8, 4) is 0 Å². The summed E-state index contributed by atoms with van der Waals surface area (Å²) in [7, 11) is -3.38. The monoisotopic (exact) mass is 315 g/mol. The lowest BCUT2D eigenvalue weighted by atomic mass is 10.2. The largest absolute Gasteiger partial charge is 0.323 e. The Bertz CT molecular complexity index is 583. The number of nitrogens with one attached hydrogen (secondary N) is 3. The third kappa shape index (κ3) is 4.39. The Labute approximate surface area is 122 Å². The first-order valence-corrected chi connectivity index (χ1v) is 9.19. The molecule has 20 heavy (non-hydrogen) atoms. The summed E-state index contributed by atoms with van der Waals surface area (Å²) in [6.07, 6.45) is 1.07. The zero-order chi connectivity index (χ0) is 14.6. The zero-order valence-electron chi connectivity index (χ0n) is 11.0. The zero-order valence-corrected chi connectivity index (χ0v) is 12.7. The summed E-state index contributed by atoms with van der Waals surface area (Å²) in [5.41, 5.74) is 0.826. The van der Waals surface area contributed by atoms with Crippen molar-refractivity contribution in [1.82, 2.24) is 5.32 Å². The minimum atomic E-state index is -3.38. The van der Waals surface area contributed by atoms with Gasteiger partial charge in [-0.1, -0.05) is 12.1 Å². The van der Waals surface area contributed by atoms with Crippen molar-refractivity contribution >= 4 is 39.1 Å². The highest BCUT2D eigenvalue weighted by Gasteiger charge is 2.21. The minimum Gasteiger partial charge on any atom is -0.323 e. The number of rotatable bonds is 4. The molecule has 1 aliphatic heterocycles. The van der Waals surface area contributed by atoms with E-state index in [2.05, 4.69) is 15.4 Å². The maximum atomic E-state index is 12.1. The molecular weight excluding hydrogens is 298 g/mol. The van der Waals surface area contributed by atoms with Crippen molar-refractivity contribution < 1.29 is 13.2 Å². The van der Waals surface area contributed by atoms with Crippen LogP contribution in [0.2, 0.25) is 0 Å². The molecule has 1 fully saturated rings. The second kappa shape index (κ2) is 6.47. The Morgan fingerprint density at radius 2 is 2.05 bits per heavy atom. The minimum absolute atomic E-state index is 0.153. The van der Waals surface area contributed by atoms with Gasteiger partial charge in [-0.3, -0.25) is 9.52 Å². The predicted molar refractivity (Wildman–Crippen MR) is 82.7 cm³/mol. The molecule has 0 aliphatic carbocycles. The molecule has 0 aromatic heterocycles. The topological polar surface area (TPSA) is 87.3 Å².